The summed E-state index contributed by atoms with van der Waals surface area (Å²) in [6.07, 6.45) is 0. The lowest BCUT2D eigenvalue weighted by atomic mass is 9.98. The topological polar surface area (TPSA) is 99.3 Å². The van der Waals surface area contributed by atoms with Gasteiger partial charge in [-0.2, -0.15) is 0 Å². The van der Waals surface area contributed by atoms with Gasteiger partial charge in [-0.05, 0) is 45.9 Å². The molecule has 0 radical (unpaired) electrons. The van der Waals surface area contributed by atoms with Crippen LogP contribution in [0.2, 0.25) is 0 Å². The van der Waals surface area contributed by atoms with Crippen molar-refractivity contribution in [3.05, 3.63) is 35.9 Å². The summed E-state index contributed by atoms with van der Waals surface area (Å²) in [5.41, 5.74) is 0.735. The fraction of sp³-hybridized carbons (Fsp3) is 0.500. The van der Waals surface area contributed by atoms with E-state index in [1.165, 1.54) is 0 Å². The molecule has 0 aromatic heterocycles. The van der Waals surface area contributed by atoms with Crippen molar-refractivity contribution in [1.29, 1.82) is 0 Å². The molecule has 34 heavy (non-hydrogen) atoms. The van der Waals surface area contributed by atoms with Crippen molar-refractivity contribution < 1.29 is 22.8 Å². The van der Waals surface area contributed by atoms with E-state index in [-0.39, 0.29) is 23.3 Å². The molecule has 2 aliphatic heterocycles. The summed E-state index contributed by atoms with van der Waals surface area (Å²) >= 11 is 0. The molecule has 0 saturated carbocycles. The zero-order valence-electron chi connectivity index (χ0n) is 20.1. The second kappa shape index (κ2) is 9.26. The van der Waals surface area contributed by atoms with Crippen LogP contribution in [-0.4, -0.2) is 76.1 Å². The minimum absolute atomic E-state index is 0.0991. The van der Waals surface area contributed by atoms with Gasteiger partial charge in [-0.15, -0.1) is 5.06 Å². The third-order valence-corrected chi connectivity index (χ3v) is 7.75. The molecule has 2 aliphatic rings. The summed E-state index contributed by atoms with van der Waals surface area (Å²) in [5, 5.41) is 2.92. The van der Waals surface area contributed by atoms with Crippen molar-refractivity contribution in [2.45, 2.75) is 32.6 Å². The zero-order chi connectivity index (χ0) is 24.7. The molecule has 0 unspecified atom stereocenters. The number of hydroxylamine groups is 2. The quantitative estimate of drug-likeness (QED) is 0.638. The fourth-order valence-corrected chi connectivity index (χ4v) is 5.50. The molecule has 9 nitrogen and oxygen atoms in total. The lowest BCUT2D eigenvalue weighted by Crippen LogP contribution is -2.49. The van der Waals surface area contributed by atoms with E-state index in [0.717, 1.165) is 5.69 Å². The van der Waals surface area contributed by atoms with Crippen LogP contribution in [-0.2, 0) is 19.7 Å². The first-order chi connectivity index (χ1) is 16.0. The molecule has 4 rings (SSSR count). The highest BCUT2D eigenvalue weighted by atomic mass is 32.2. The molecule has 1 N–H and O–H groups in total. The predicted molar refractivity (Wildman–Crippen MR) is 130 cm³/mol. The van der Waals surface area contributed by atoms with E-state index >= 15 is 0 Å². The third-order valence-electron chi connectivity index (χ3n) is 6.23. The minimum atomic E-state index is -3.76. The molecule has 2 aromatic rings. The average molecular weight is 489 g/mol. The molecule has 1 saturated heterocycles. The first kappa shape index (κ1) is 24.6. The normalized spacial score (nSPS) is 17.5. The van der Waals surface area contributed by atoms with Gasteiger partial charge >= 0.3 is 5.97 Å². The van der Waals surface area contributed by atoms with Gasteiger partial charge in [0.25, 0.3) is 5.91 Å². The first-order valence-electron chi connectivity index (χ1n) is 11.6. The van der Waals surface area contributed by atoms with Crippen LogP contribution in [0.3, 0.4) is 0 Å². The zero-order valence-corrected chi connectivity index (χ0v) is 20.9. The van der Waals surface area contributed by atoms with Crippen LogP contribution >= 0.6 is 0 Å². The molecule has 0 bridgehead atoms. The van der Waals surface area contributed by atoms with Gasteiger partial charge in [0.2, 0.25) is 10.0 Å². The smallest absolute Gasteiger partial charge is 0.330 e. The molecule has 184 valence electrons. The van der Waals surface area contributed by atoms with Crippen molar-refractivity contribution in [3.8, 4) is 0 Å². The molecule has 2 aromatic carbocycles. The maximum atomic E-state index is 13.1. The molecule has 1 amide bonds. The van der Waals surface area contributed by atoms with E-state index < -0.39 is 15.4 Å². The minimum Gasteiger partial charge on any atom is -0.367 e. The van der Waals surface area contributed by atoms with Crippen molar-refractivity contribution in [1.82, 2.24) is 14.7 Å². The van der Waals surface area contributed by atoms with Crippen molar-refractivity contribution >= 4 is 38.4 Å². The Balaban J connectivity index is 1.38. The average Bonchev–Trinajstić information content (AvgIpc) is 3.07. The van der Waals surface area contributed by atoms with E-state index in [2.05, 4.69) is 9.62 Å². The number of hydrogen-bond donors (Lipinski definition) is 1. The largest absolute Gasteiger partial charge is 0.367 e. The van der Waals surface area contributed by atoms with E-state index in [1.807, 2.05) is 27.7 Å². The number of hydrogen-bond acceptors (Lipinski definition) is 7. The SMILES string of the molecule is CCN1C(=O)c2cccc3c(S(=O)(=O)NCCN4CCN(OC(=O)C(C)(C)C)CC4)ccc1c23. The lowest BCUT2D eigenvalue weighted by Gasteiger charge is -2.34. The second-order valence-electron chi connectivity index (χ2n) is 9.66. The molecular weight excluding hydrogens is 456 g/mol. The number of carbonyl (C=O) groups is 2. The molecule has 10 heteroatoms. The number of benzene rings is 2. The van der Waals surface area contributed by atoms with Crippen LogP contribution in [0.15, 0.2) is 35.2 Å². The van der Waals surface area contributed by atoms with Crippen LogP contribution in [0.5, 0.6) is 0 Å². The van der Waals surface area contributed by atoms with Gasteiger partial charge in [0.05, 0.1) is 16.0 Å². The van der Waals surface area contributed by atoms with Gasteiger partial charge in [0, 0.05) is 62.1 Å². The molecule has 0 spiro atoms. The number of anilines is 1. The molecule has 2 heterocycles. The Morgan fingerprint density at radius 3 is 2.44 bits per heavy atom. The highest BCUT2D eigenvalue weighted by molar-refractivity contribution is 7.89. The fourth-order valence-electron chi connectivity index (χ4n) is 4.28. The van der Waals surface area contributed by atoms with Crippen molar-refractivity contribution in [2.24, 2.45) is 5.41 Å². The highest BCUT2D eigenvalue weighted by Gasteiger charge is 2.31. The Labute approximate surface area is 200 Å². The summed E-state index contributed by atoms with van der Waals surface area (Å²) in [6, 6.07) is 8.51. The standard InChI is InChI=1S/C24H32N4O5S/c1-5-28-19-9-10-20(17-7-6-8-18(21(17)19)22(28)29)34(31,32)25-11-12-26-13-15-27(16-14-26)33-23(30)24(2,3)4/h6-10,25H,5,11-16H2,1-4H3. The van der Waals surface area contributed by atoms with E-state index in [0.29, 0.717) is 55.6 Å². The second-order valence-corrected chi connectivity index (χ2v) is 11.4. The third kappa shape index (κ3) is 4.68. The number of nitrogens with one attached hydrogen (secondary N) is 1. The number of nitrogens with zero attached hydrogens (tertiary/aromatic N) is 3. The van der Waals surface area contributed by atoms with Crippen LogP contribution < -0.4 is 9.62 Å². The Morgan fingerprint density at radius 2 is 1.79 bits per heavy atom. The number of rotatable bonds is 7. The summed E-state index contributed by atoms with van der Waals surface area (Å²) in [7, 11) is -3.76. The van der Waals surface area contributed by atoms with Gasteiger partial charge in [-0.3, -0.25) is 9.69 Å². The van der Waals surface area contributed by atoms with E-state index in [1.54, 1.807) is 40.3 Å². The molecule has 0 atom stereocenters. The van der Waals surface area contributed by atoms with Crippen molar-refractivity contribution in [2.75, 3.05) is 50.7 Å². The van der Waals surface area contributed by atoms with Gasteiger partial charge in [0.1, 0.15) is 0 Å². The summed E-state index contributed by atoms with van der Waals surface area (Å²) < 4.78 is 29.0. The van der Waals surface area contributed by atoms with Gasteiger partial charge < -0.3 is 9.74 Å². The first-order valence-corrected chi connectivity index (χ1v) is 13.1. The van der Waals surface area contributed by atoms with Crippen LogP contribution in [0.25, 0.3) is 10.8 Å². The van der Waals surface area contributed by atoms with Crippen LogP contribution in [0.1, 0.15) is 38.1 Å². The van der Waals surface area contributed by atoms with E-state index in [9.17, 15) is 18.0 Å². The molecule has 1 fully saturated rings. The maximum absolute atomic E-state index is 13.1. The number of sulfonamides is 1. The van der Waals surface area contributed by atoms with E-state index in [4.69, 9.17) is 4.84 Å². The highest BCUT2D eigenvalue weighted by Crippen LogP contribution is 2.39. The molecule has 0 aliphatic carbocycles. The van der Waals surface area contributed by atoms with Crippen LogP contribution in [0.4, 0.5) is 5.69 Å². The van der Waals surface area contributed by atoms with Gasteiger partial charge in [0.15, 0.2) is 0 Å². The Morgan fingerprint density at radius 1 is 1.09 bits per heavy atom. The lowest BCUT2D eigenvalue weighted by molar-refractivity contribution is -0.206. The van der Waals surface area contributed by atoms with Crippen LogP contribution in [0, 0.1) is 5.41 Å². The monoisotopic (exact) mass is 488 g/mol. The van der Waals surface area contributed by atoms with Gasteiger partial charge in [-0.1, -0.05) is 12.1 Å². The summed E-state index contributed by atoms with van der Waals surface area (Å²) in [6.45, 7) is 11.2. The summed E-state index contributed by atoms with van der Waals surface area (Å²) in [4.78, 5) is 34.1. The predicted octanol–water partition coefficient (Wildman–Crippen LogP) is 2.22. The number of amides is 1. The summed E-state index contributed by atoms with van der Waals surface area (Å²) in [5.74, 6) is -0.360. The van der Waals surface area contributed by atoms with Crippen molar-refractivity contribution in [3.63, 3.8) is 0 Å². The Kier molecular flexibility index (Phi) is 6.69. The maximum Gasteiger partial charge on any atom is 0.330 e. The van der Waals surface area contributed by atoms with Gasteiger partial charge in [-0.25, -0.2) is 17.9 Å². The Bertz CT molecular complexity index is 1210. The number of piperazine rings is 1. The Hall–Kier alpha value is -2.53. The number of carbonyl (C=O) groups excluding carboxylic acids is 2. The molecular formula is C24H32N4O5S.